The molecule has 3 nitrogen and oxygen atoms in total. The van der Waals surface area contributed by atoms with Crippen molar-refractivity contribution in [2.45, 2.75) is 13.8 Å². The van der Waals surface area contributed by atoms with Crippen molar-refractivity contribution in [3.63, 3.8) is 0 Å². The van der Waals surface area contributed by atoms with E-state index in [9.17, 15) is 4.79 Å². The summed E-state index contributed by atoms with van der Waals surface area (Å²) >= 11 is 10.2. The van der Waals surface area contributed by atoms with E-state index >= 15 is 0 Å². The van der Waals surface area contributed by atoms with Crippen LogP contribution in [0.25, 0.3) is 5.57 Å². The minimum atomic E-state index is -0.0837. The van der Waals surface area contributed by atoms with Gasteiger partial charge in [-0.05, 0) is 61.4 Å². The molecule has 1 amide bonds. The van der Waals surface area contributed by atoms with Gasteiger partial charge in [0.15, 0.2) is 4.32 Å². The third-order valence-electron chi connectivity index (χ3n) is 3.79. The van der Waals surface area contributed by atoms with E-state index in [2.05, 4.69) is 15.9 Å². The lowest BCUT2D eigenvalue weighted by atomic mass is 10.1. The van der Waals surface area contributed by atoms with Gasteiger partial charge in [-0.25, -0.2) is 0 Å². The number of thiocarbonyl (C=S) groups is 1. The van der Waals surface area contributed by atoms with E-state index in [1.54, 1.807) is 4.90 Å². The van der Waals surface area contributed by atoms with Crippen LogP contribution in [0.1, 0.15) is 19.4 Å². The smallest absolute Gasteiger partial charge is 0.271 e. The summed E-state index contributed by atoms with van der Waals surface area (Å²) in [5.74, 6) is 0.692. The van der Waals surface area contributed by atoms with Crippen molar-refractivity contribution >= 4 is 61.4 Å². The molecular formula is C19H16BrNO2S2. The monoisotopic (exact) mass is 433 g/mol. The van der Waals surface area contributed by atoms with Crippen LogP contribution in [0.2, 0.25) is 0 Å². The Morgan fingerprint density at radius 3 is 2.40 bits per heavy atom. The SMILES string of the molecule is CCOc1ccc(N2C(=O)C(=C(C)c3ccc(Br)cc3)SC2=S)cc1. The number of allylic oxidation sites excluding steroid dienone is 1. The lowest BCUT2D eigenvalue weighted by molar-refractivity contribution is -0.113. The minimum Gasteiger partial charge on any atom is -0.494 e. The lowest BCUT2D eigenvalue weighted by Crippen LogP contribution is -2.27. The average molecular weight is 434 g/mol. The Kier molecular flexibility index (Phi) is 5.61. The average Bonchev–Trinajstić information content (AvgIpc) is 2.91. The van der Waals surface area contributed by atoms with E-state index in [0.29, 0.717) is 15.8 Å². The number of hydrogen-bond acceptors (Lipinski definition) is 4. The molecule has 0 saturated carbocycles. The van der Waals surface area contributed by atoms with Gasteiger partial charge in [0.2, 0.25) is 0 Å². The molecule has 2 aromatic carbocycles. The summed E-state index contributed by atoms with van der Waals surface area (Å²) in [6.45, 7) is 4.49. The number of rotatable bonds is 4. The number of anilines is 1. The Morgan fingerprint density at radius 1 is 1.16 bits per heavy atom. The maximum Gasteiger partial charge on any atom is 0.271 e. The molecule has 0 unspecified atom stereocenters. The van der Waals surface area contributed by atoms with E-state index in [1.165, 1.54) is 11.8 Å². The Hall–Kier alpha value is -1.63. The topological polar surface area (TPSA) is 29.5 Å². The van der Waals surface area contributed by atoms with Crippen LogP contribution in [0, 0.1) is 0 Å². The third kappa shape index (κ3) is 3.81. The first-order chi connectivity index (χ1) is 12.0. The highest BCUT2D eigenvalue weighted by Gasteiger charge is 2.34. The second-order valence-electron chi connectivity index (χ2n) is 5.40. The predicted octanol–water partition coefficient (Wildman–Crippen LogP) is 5.64. The quantitative estimate of drug-likeness (QED) is 0.460. The van der Waals surface area contributed by atoms with Gasteiger partial charge in [-0.1, -0.05) is 52.0 Å². The van der Waals surface area contributed by atoms with Crippen molar-refractivity contribution in [2.75, 3.05) is 11.5 Å². The number of ether oxygens (including phenoxy) is 1. The molecule has 0 radical (unpaired) electrons. The molecule has 128 valence electrons. The van der Waals surface area contributed by atoms with Crippen molar-refractivity contribution in [3.8, 4) is 5.75 Å². The summed E-state index contributed by atoms with van der Waals surface area (Å²) in [5.41, 5.74) is 2.69. The van der Waals surface area contributed by atoms with Gasteiger partial charge in [0, 0.05) is 4.47 Å². The van der Waals surface area contributed by atoms with Crippen molar-refractivity contribution in [2.24, 2.45) is 0 Å². The number of hydrogen-bond donors (Lipinski definition) is 0. The first-order valence-corrected chi connectivity index (χ1v) is 9.79. The molecule has 0 bridgehead atoms. The van der Waals surface area contributed by atoms with Crippen LogP contribution < -0.4 is 9.64 Å². The van der Waals surface area contributed by atoms with Crippen LogP contribution in [-0.4, -0.2) is 16.8 Å². The van der Waals surface area contributed by atoms with E-state index < -0.39 is 0 Å². The molecule has 2 aromatic rings. The molecule has 25 heavy (non-hydrogen) atoms. The molecule has 3 rings (SSSR count). The number of thioether (sulfide) groups is 1. The van der Waals surface area contributed by atoms with Gasteiger partial charge >= 0.3 is 0 Å². The molecule has 1 saturated heterocycles. The largest absolute Gasteiger partial charge is 0.494 e. The summed E-state index contributed by atoms with van der Waals surface area (Å²) in [5, 5.41) is 0. The fraction of sp³-hybridized carbons (Fsp3) is 0.158. The maximum absolute atomic E-state index is 12.9. The zero-order chi connectivity index (χ0) is 18.0. The van der Waals surface area contributed by atoms with Crippen molar-refractivity contribution in [3.05, 3.63) is 63.5 Å². The molecular weight excluding hydrogens is 418 g/mol. The molecule has 0 spiro atoms. The van der Waals surface area contributed by atoms with Gasteiger partial charge in [-0.2, -0.15) is 0 Å². The minimum absolute atomic E-state index is 0.0837. The molecule has 0 N–H and O–H groups in total. The standard InChI is InChI=1S/C19H16BrNO2S2/c1-3-23-16-10-8-15(9-11-16)21-18(22)17(25-19(21)24)12(2)13-4-6-14(20)7-5-13/h4-11H,3H2,1-2H3. The van der Waals surface area contributed by atoms with Crippen LogP contribution in [0.5, 0.6) is 5.75 Å². The second-order valence-corrected chi connectivity index (χ2v) is 7.96. The molecule has 0 atom stereocenters. The van der Waals surface area contributed by atoms with Crippen LogP contribution in [0.15, 0.2) is 57.9 Å². The molecule has 0 aliphatic carbocycles. The van der Waals surface area contributed by atoms with E-state index in [-0.39, 0.29) is 5.91 Å². The van der Waals surface area contributed by atoms with E-state index in [0.717, 1.165) is 27.0 Å². The Morgan fingerprint density at radius 2 is 1.80 bits per heavy atom. The maximum atomic E-state index is 12.9. The number of carbonyl (C=O) groups excluding carboxylic acids is 1. The van der Waals surface area contributed by atoms with Gasteiger partial charge in [0.1, 0.15) is 5.75 Å². The number of halogens is 1. The fourth-order valence-corrected chi connectivity index (χ4v) is 4.12. The number of benzene rings is 2. The second kappa shape index (κ2) is 7.72. The first kappa shape index (κ1) is 18.2. The Balaban J connectivity index is 1.91. The molecule has 1 heterocycles. The van der Waals surface area contributed by atoms with Gasteiger partial charge < -0.3 is 4.74 Å². The predicted molar refractivity (Wildman–Crippen MR) is 112 cm³/mol. The molecule has 1 aliphatic rings. The summed E-state index contributed by atoms with van der Waals surface area (Å²) in [6.07, 6.45) is 0. The van der Waals surface area contributed by atoms with Crippen molar-refractivity contribution < 1.29 is 9.53 Å². The summed E-state index contributed by atoms with van der Waals surface area (Å²) in [4.78, 5) is 15.2. The summed E-state index contributed by atoms with van der Waals surface area (Å²) < 4.78 is 7.00. The third-order valence-corrected chi connectivity index (χ3v) is 5.80. The Bertz CT molecular complexity index is 845. The van der Waals surface area contributed by atoms with Crippen molar-refractivity contribution in [1.82, 2.24) is 0 Å². The number of amides is 1. The zero-order valence-electron chi connectivity index (χ0n) is 13.8. The van der Waals surface area contributed by atoms with Crippen LogP contribution in [-0.2, 0) is 4.79 Å². The van der Waals surface area contributed by atoms with Gasteiger partial charge in [0.25, 0.3) is 5.91 Å². The van der Waals surface area contributed by atoms with E-state index in [4.69, 9.17) is 17.0 Å². The number of carbonyl (C=O) groups is 1. The van der Waals surface area contributed by atoms with Crippen LogP contribution in [0.4, 0.5) is 5.69 Å². The van der Waals surface area contributed by atoms with Crippen LogP contribution >= 0.6 is 39.9 Å². The van der Waals surface area contributed by atoms with Crippen LogP contribution in [0.3, 0.4) is 0 Å². The highest BCUT2D eigenvalue weighted by molar-refractivity contribution is 9.10. The highest BCUT2D eigenvalue weighted by atomic mass is 79.9. The lowest BCUT2D eigenvalue weighted by Gasteiger charge is -2.15. The molecule has 1 aliphatic heterocycles. The van der Waals surface area contributed by atoms with Gasteiger partial charge in [-0.15, -0.1) is 0 Å². The van der Waals surface area contributed by atoms with Gasteiger partial charge in [-0.3, -0.25) is 9.69 Å². The molecule has 6 heteroatoms. The van der Waals surface area contributed by atoms with Gasteiger partial charge in [0.05, 0.1) is 17.2 Å². The summed E-state index contributed by atoms with van der Waals surface area (Å²) in [7, 11) is 0. The van der Waals surface area contributed by atoms with Crippen molar-refractivity contribution in [1.29, 1.82) is 0 Å². The fourth-order valence-electron chi connectivity index (χ4n) is 2.51. The summed E-state index contributed by atoms with van der Waals surface area (Å²) in [6, 6.07) is 15.3. The molecule has 0 aromatic heterocycles. The Labute approximate surface area is 165 Å². The number of nitrogens with zero attached hydrogens (tertiary/aromatic N) is 1. The zero-order valence-corrected chi connectivity index (χ0v) is 17.0. The highest BCUT2D eigenvalue weighted by Crippen LogP contribution is 2.39. The normalized spacial score (nSPS) is 16.4. The van der Waals surface area contributed by atoms with E-state index in [1.807, 2.05) is 62.4 Å². The first-order valence-electron chi connectivity index (χ1n) is 7.77. The molecule has 1 fully saturated rings.